The first-order valence-electron chi connectivity index (χ1n) is 9.30. The summed E-state index contributed by atoms with van der Waals surface area (Å²) in [6, 6.07) is 18.1. The highest BCUT2D eigenvalue weighted by atomic mass is 79.9. The first kappa shape index (κ1) is 19.5. The van der Waals surface area contributed by atoms with Crippen molar-refractivity contribution in [2.45, 2.75) is 20.1 Å². The Morgan fingerprint density at radius 2 is 1.86 bits per heavy atom. The zero-order chi connectivity index (χ0) is 20.2. The van der Waals surface area contributed by atoms with Crippen LogP contribution in [0.3, 0.4) is 0 Å². The second kappa shape index (κ2) is 8.66. The molecule has 0 atom stereocenters. The fourth-order valence-corrected chi connectivity index (χ4v) is 3.79. The molecular formula is C23H22BrNO4. The predicted octanol–water partition coefficient (Wildman–Crippen LogP) is 5.69. The van der Waals surface area contributed by atoms with Gasteiger partial charge in [-0.15, -0.1) is 0 Å². The van der Waals surface area contributed by atoms with Gasteiger partial charge in [-0.3, -0.25) is 0 Å². The molecule has 0 unspecified atom stereocenters. The van der Waals surface area contributed by atoms with E-state index < -0.39 is 0 Å². The van der Waals surface area contributed by atoms with Crippen LogP contribution in [0.2, 0.25) is 0 Å². The molecule has 0 bridgehead atoms. The molecule has 0 saturated heterocycles. The summed E-state index contributed by atoms with van der Waals surface area (Å²) in [4.78, 5) is 0. The van der Waals surface area contributed by atoms with E-state index in [1.165, 1.54) is 5.56 Å². The largest absolute Gasteiger partial charge is 0.493 e. The second-order valence-electron chi connectivity index (χ2n) is 6.81. The average Bonchev–Trinajstić information content (AvgIpc) is 3.19. The molecule has 3 aromatic carbocycles. The number of hydrogen-bond donors (Lipinski definition) is 1. The summed E-state index contributed by atoms with van der Waals surface area (Å²) in [5.41, 5.74) is 4.35. The van der Waals surface area contributed by atoms with E-state index in [-0.39, 0.29) is 6.79 Å². The van der Waals surface area contributed by atoms with Gasteiger partial charge in [-0.05, 0) is 58.2 Å². The Morgan fingerprint density at radius 3 is 2.69 bits per heavy atom. The molecule has 3 aromatic rings. The van der Waals surface area contributed by atoms with Crippen LogP contribution in [0.5, 0.6) is 23.0 Å². The monoisotopic (exact) mass is 455 g/mol. The summed E-state index contributed by atoms with van der Waals surface area (Å²) in [6.07, 6.45) is 0. The Kier molecular flexibility index (Phi) is 5.81. The van der Waals surface area contributed by atoms with E-state index in [0.717, 1.165) is 32.8 Å². The minimum Gasteiger partial charge on any atom is -0.493 e. The van der Waals surface area contributed by atoms with E-state index in [9.17, 15) is 0 Å². The van der Waals surface area contributed by atoms with E-state index >= 15 is 0 Å². The van der Waals surface area contributed by atoms with E-state index in [0.29, 0.717) is 24.7 Å². The van der Waals surface area contributed by atoms with Crippen molar-refractivity contribution in [1.82, 2.24) is 0 Å². The summed E-state index contributed by atoms with van der Waals surface area (Å²) in [5, 5.41) is 3.40. The van der Waals surface area contributed by atoms with Crippen molar-refractivity contribution in [2.75, 3.05) is 19.2 Å². The van der Waals surface area contributed by atoms with Crippen LogP contribution in [0, 0.1) is 6.92 Å². The highest BCUT2D eigenvalue weighted by molar-refractivity contribution is 9.10. The molecule has 0 fully saturated rings. The van der Waals surface area contributed by atoms with E-state index in [4.69, 9.17) is 18.9 Å². The van der Waals surface area contributed by atoms with Gasteiger partial charge in [0.15, 0.2) is 23.0 Å². The Labute approximate surface area is 178 Å². The number of methoxy groups -OCH3 is 1. The van der Waals surface area contributed by atoms with Crippen LogP contribution in [-0.2, 0) is 13.2 Å². The number of benzene rings is 3. The fourth-order valence-electron chi connectivity index (χ4n) is 3.18. The van der Waals surface area contributed by atoms with E-state index in [1.807, 2.05) is 36.4 Å². The number of nitrogens with one attached hydrogen (secondary N) is 1. The van der Waals surface area contributed by atoms with Crippen LogP contribution >= 0.6 is 15.9 Å². The molecular weight excluding hydrogens is 434 g/mol. The van der Waals surface area contributed by atoms with Crippen molar-refractivity contribution in [3.63, 3.8) is 0 Å². The van der Waals surface area contributed by atoms with Gasteiger partial charge in [0.05, 0.1) is 11.6 Å². The van der Waals surface area contributed by atoms with Gasteiger partial charge < -0.3 is 24.3 Å². The molecule has 5 nitrogen and oxygen atoms in total. The van der Waals surface area contributed by atoms with Crippen LogP contribution in [0.4, 0.5) is 5.69 Å². The van der Waals surface area contributed by atoms with Crippen molar-refractivity contribution in [2.24, 2.45) is 0 Å². The lowest BCUT2D eigenvalue weighted by Gasteiger charge is -2.15. The smallest absolute Gasteiger partial charge is 0.231 e. The third kappa shape index (κ3) is 4.59. The topological polar surface area (TPSA) is 49.0 Å². The third-order valence-corrected chi connectivity index (χ3v) is 5.21. The SMILES string of the molecule is COc1cc(CNc2ccc3c(c2)OCO3)cc(Br)c1OCc1cccc(C)c1. The Balaban J connectivity index is 1.45. The van der Waals surface area contributed by atoms with Crippen molar-refractivity contribution >= 4 is 21.6 Å². The summed E-state index contributed by atoms with van der Waals surface area (Å²) >= 11 is 3.62. The first-order valence-corrected chi connectivity index (χ1v) is 10.1. The molecule has 1 N–H and O–H groups in total. The normalized spacial score (nSPS) is 12.0. The van der Waals surface area contributed by atoms with Crippen molar-refractivity contribution < 1.29 is 18.9 Å². The second-order valence-corrected chi connectivity index (χ2v) is 7.66. The quantitative estimate of drug-likeness (QED) is 0.496. The van der Waals surface area contributed by atoms with Crippen LogP contribution in [0.15, 0.2) is 59.1 Å². The van der Waals surface area contributed by atoms with Gasteiger partial charge in [0.2, 0.25) is 6.79 Å². The zero-order valence-corrected chi connectivity index (χ0v) is 17.9. The van der Waals surface area contributed by atoms with Gasteiger partial charge in [-0.1, -0.05) is 29.8 Å². The predicted molar refractivity (Wildman–Crippen MR) is 116 cm³/mol. The minimum atomic E-state index is 0.271. The summed E-state index contributed by atoms with van der Waals surface area (Å²) in [5.74, 6) is 2.92. The van der Waals surface area contributed by atoms with Crippen LogP contribution in [0.25, 0.3) is 0 Å². The van der Waals surface area contributed by atoms with Crippen LogP contribution < -0.4 is 24.3 Å². The van der Waals surface area contributed by atoms with Gasteiger partial charge in [0, 0.05) is 18.3 Å². The molecule has 150 valence electrons. The summed E-state index contributed by atoms with van der Waals surface area (Å²) < 4.78 is 23.2. The standard InChI is InChI=1S/C23H22BrNO4/c1-15-4-3-5-16(8-15)13-27-23-19(24)9-17(10-22(23)26-2)12-25-18-6-7-20-21(11-18)29-14-28-20/h3-11,25H,12-14H2,1-2H3. The van der Waals surface area contributed by atoms with Gasteiger partial charge in [-0.2, -0.15) is 0 Å². The third-order valence-electron chi connectivity index (χ3n) is 4.62. The Morgan fingerprint density at radius 1 is 1.00 bits per heavy atom. The van der Waals surface area contributed by atoms with Crippen molar-refractivity contribution in [1.29, 1.82) is 0 Å². The van der Waals surface area contributed by atoms with E-state index in [1.54, 1.807) is 7.11 Å². The number of aryl methyl sites for hydroxylation is 1. The molecule has 0 aliphatic carbocycles. The van der Waals surface area contributed by atoms with Crippen LogP contribution in [0.1, 0.15) is 16.7 Å². The molecule has 0 saturated carbocycles. The minimum absolute atomic E-state index is 0.271. The number of fused-ring (bicyclic) bond motifs is 1. The molecule has 0 amide bonds. The average molecular weight is 456 g/mol. The number of hydrogen-bond acceptors (Lipinski definition) is 5. The van der Waals surface area contributed by atoms with Gasteiger partial charge >= 0.3 is 0 Å². The van der Waals surface area contributed by atoms with E-state index in [2.05, 4.69) is 46.4 Å². The molecule has 4 rings (SSSR count). The van der Waals surface area contributed by atoms with Gasteiger partial charge in [0.1, 0.15) is 6.61 Å². The Hall–Kier alpha value is -2.86. The Bertz CT molecular complexity index is 1020. The van der Waals surface area contributed by atoms with Crippen molar-refractivity contribution in [3.8, 4) is 23.0 Å². The van der Waals surface area contributed by atoms with Crippen LogP contribution in [-0.4, -0.2) is 13.9 Å². The van der Waals surface area contributed by atoms with Gasteiger partial charge in [0.25, 0.3) is 0 Å². The molecule has 0 aromatic heterocycles. The maximum atomic E-state index is 6.05. The molecule has 1 aliphatic rings. The maximum Gasteiger partial charge on any atom is 0.231 e. The van der Waals surface area contributed by atoms with Gasteiger partial charge in [-0.25, -0.2) is 0 Å². The lowest BCUT2D eigenvalue weighted by atomic mass is 10.1. The molecule has 1 aliphatic heterocycles. The number of halogens is 1. The molecule has 6 heteroatoms. The summed E-state index contributed by atoms with van der Waals surface area (Å²) in [6.45, 7) is 3.45. The zero-order valence-electron chi connectivity index (χ0n) is 16.3. The molecule has 1 heterocycles. The first-order chi connectivity index (χ1) is 14.1. The summed E-state index contributed by atoms with van der Waals surface area (Å²) in [7, 11) is 1.65. The highest BCUT2D eigenvalue weighted by Crippen LogP contribution is 2.38. The highest BCUT2D eigenvalue weighted by Gasteiger charge is 2.14. The number of ether oxygens (including phenoxy) is 4. The lowest BCUT2D eigenvalue weighted by molar-refractivity contribution is 0.174. The lowest BCUT2D eigenvalue weighted by Crippen LogP contribution is -2.03. The number of rotatable bonds is 7. The van der Waals surface area contributed by atoms with Crippen molar-refractivity contribution in [3.05, 3.63) is 75.8 Å². The molecule has 0 spiro atoms. The maximum absolute atomic E-state index is 6.05. The number of anilines is 1. The fraction of sp³-hybridized carbons (Fsp3) is 0.217. The molecule has 29 heavy (non-hydrogen) atoms. The molecule has 0 radical (unpaired) electrons.